The molecule has 1 aromatic heterocycles. The van der Waals surface area contributed by atoms with Crippen molar-refractivity contribution in [3.05, 3.63) is 64.7 Å². The van der Waals surface area contributed by atoms with Gasteiger partial charge in [0, 0.05) is 30.1 Å². The highest BCUT2D eigenvalue weighted by molar-refractivity contribution is 7.15. The van der Waals surface area contributed by atoms with E-state index in [2.05, 4.69) is 15.5 Å². The van der Waals surface area contributed by atoms with Crippen molar-refractivity contribution in [3.8, 4) is 5.75 Å². The molecule has 0 radical (unpaired) electrons. The number of rotatable bonds is 5. The van der Waals surface area contributed by atoms with Crippen LogP contribution in [0.25, 0.3) is 0 Å². The summed E-state index contributed by atoms with van der Waals surface area (Å²) in [4.78, 5) is 26.7. The van der Waals surface area contributed by atoms with Crippen molar-refractivity contribution < 1.29 is 14.3 Å². The summed E-state index contributed by atoms with van der Waals surface area (Å²) >= 11 is 1.30. The van der Waals surface area contributed by atoms with Gasteiger partial charge in [-0.3, -0.25) is 14.9 Å². The van der Waals surface area contributed by atoms with Gasteiger partial charge in [-0.1, -0.05) is 29.5 Å². The number of nitrogens with zero attached hydrogens (tertiary/aromatic N) is 3. The van der Waals surface area contributed by atoms with Crippen molar-refractivity contribution in [1.29, 1.82) is 0 Å². The third-order valence-corrected chi connectivity index (χ3v) is 5.78. The fourth-order valence-corrected chi connectivity index (χ4v) is 4.13. The maximum Gasteiger partial charge on any atom is 0.257 e. The Hall–Kier alpha value is -3.26. The van der Waals surface area contributed by atoms with E-state index in [1.165, 1.54) is 11.3 Å². The Bertz CT molecular complexity index is 1070. The van der Waals surface area contributed by atoms with Crippen LogP contribution in [-0.4, -0.2) is 35.7 Å². The molecule has 1 unspecified atom stereocenters. The number of hydrogen-bond acceptors (Lipinski definition) is 6. The van der Waals surface area contributed by atoms with Crippen molar-refractivity contribution in [2.45, 2.75) is 19.3 Å². The third-order valence-electron chi connectivity index (χ3n) is 4.78. The molecule has 8 heteroatoms. The Labute approximate surface area is 172 Å². The van der Waals surface area contributed by atoms with E-state index in [0.717, 1.165) is 16.3 Å². The van der Waals surface area contributed by atoms with E-state index in [9.17, 15) is 9.59 Å². The second kappa shape index (κ2) is 8.00. The van der Waals surface area contributed by atoms with Crippen LogP contribution in [0.2, 0.25) is 0 Å². The number of aryl methyl sites for hydroxylation is 1. The molecule has 29 heavy (non-hydrogen) atoms. The molecule has 0 saturated carbocycles. The van der Waals surface area contributed by atoms with Gasteiger partial charge in [0.1, 0.15) is 10.8 Å². The number of anilines is 2. The molecule has 1 fully saturated rings. The second-order valence-corrected chi connectivity index (χ2v) is 7.89. The van der Waals surface area contributed by atoms with Gasteiger partial charge >= 0.3 is 0 Å². The van der Waals surface area contributed by atoms with E-state index in [0.29, 0.717) is 29.4 Å². The lowest BCUT2D eigenvalue weighted by molar-refractivity contribution is -0.117. The van der Waals surface area contributed by atoms with E-state index < -0.39 is 0 Å². The predicted octanol–water partition coefficient (Wildman–Crippen LogP) is 3.63. The quantitative estimate of drug-likeness (QED) is 0.697. The molecule has 1 aliphatic rings. The van der Waals surface area contributed by atoms with Gasteiger partial charge in [-0.05, 0) is 42.8 Å². The summed E-state index contributed by atoms with van der Waals surface area (Å²) in [6, 6.07) is 14.8. The largest absolute Gasteiger partial charge is 0.497 e. The van der Waals surface area contributed by atoms with E-state index in [-0.39, 0.29) is 17.7 Å². The Morgan fingerprint density at radius 3 is 2.83 bits per heavy atom. The summed E-state index contributed by atoms with van der Waals surface area (Å²) in [5.41, 5.74) is 2.48. The number of carbonyl (C=O) groups is 2. The Kier molecular flexibility index (Phi) is 5.26. The minimum Gasteiger partial charge on any atom is -0.497 e. The van der Waals surface area contributed by atoms with Crippen molar-refractivity contribution in [1.82, 2.24) is 10.2 Å². The van der Waals surface area contributed by atoms with Gasteiger partial charge in [0.25, 0.3) is 5.91 Å². The van der Waals surface area contributed by atoms with Crippen LogP contribution in [0.5, 0.6) is 5.75 Å². The molecule has 0 aliphatic carbocycles. The van der Waals surface area contributed by atoms with E-state index >= 15 is 0 Å². The average Bonchev–Trinajstić information content (AvgIpc) is 3.34. The molecular formula is C21H20N4O3S. The summed E-state index contributed by atoms with van der Waals surface area (Å²) in [6.45, 7) is 2.56. The van der Waals surface area contributed by atoms with Crippen molar-refractivity contribution in [3.63, 3.8) is 0 Å². The Balaban J connectivity index is 1.45. The van der Waals surface area contributed by atoms with E-state index in [1.54, 1.807) is 36.3 Å². The van der Waals surface area contributed by atoms with Crippen LogP contribution in [0, 0.1) is 6.92 Å². The van der Waals surface area contributed by atoms with E-state index in [4.69, 9.17) is 4.74 Å². The lowest BCUT2D eigenvalue weighted by Crippen LogP contribution is -2.24. The second-order valence-electron chi connectivity index (χ2n) is 6.88. The van der Waals surface area contributed by atoms with Gasteiger partial charge in [-0.15, -0.1) is 10.2 Å². The molecule has 148 valence electrons. The van der Waals surface area contributed by atoms with E-state index in [1.807, 2.05) is 31.2 Å². The minimum absolute atomic E-state index is 0.0389. The summed E-state index contributed by atoms with van der Waals surface area (Å²) in [7, 11) is 1.55. The zero-order valence-electron chi connectivity index (χ0n) is 16.1. The molecule has 2 amide bonds. The first-order chi connectivity index (χ1) is 14.0. The number of methoxy groups -OCH3 is 1. The molecule has 7 nitrogen and oxygen atoms in total. The molecule has 0 bridgehead atoms. The van der Waals surface area contributed by atoms with Gasteiger partial charge in [0.2, 0.25) is 11.0 Å². The topological polar surface area (TPSA) is 84.4 Å². The smallest absolute Gasteiger partial charge is 0.257 e. The van der Waals surface area contributed by atoms with Crippen molar-refractivity contribution in [2.24, 2.45) is 0 Å². The van der Waals surface area contributed by atoms with Gasteiger partial charge < -0.3 is 9.64 Å². The number of aromatic nitrogens is 2. The average molecular weight is 408 g/mol. The summed E-state index contributed by atoms with van der Waals surface area (Å²) in [6.07, 6.45) is 0.381. The van der Waals surface area contributed by atoms with Gasteiger partial charge in [-0.25, -0.2) is 0 Å². The fourth-order valence-electron chi connectivity index (χ4n) is 3.30. The molecule has 2 aromatic carbocycles. The van der Waals surface area contributed by atoms with Crippen LogP contribution < -0.4 is 15.0 Å². The number of nitrogens with one attached hydrogen (secondary N) is 1. The molecule has 1 aliphatic heterocycles. The molecule has 1 N–H and O–H groups in total. The van der Waals surface area contributed by atoms with Crippen LogP contribution in [0.1, 0.15) is 33.3 Å². The first kappa shape index (κ1) is 19.1. The highest BCUT2D eigenvalue weighted by atomic mass is 32.1. The lowest BCUT2D eigenvalue weighted by Gasteiger charge is -2.16. The van der Waals surface area contributed by atoms with Crippen LogP contribution in [0.4, 0.5) is 10.8 Å². The molecule has 3 aromatic rings. The van der Waals surface area contributed by atoms with Crippen molar-refractivity contribution >= 4 is 34.0 Å². The number of carbonyl (C=O) groups excluding carboxylic acids is 2. The van der Waals surface area contributed by atoms with Crippen LogP contribution >= 0.6 is 11.3 Å². The maximum atomic E-state index is 12.5. The molecule has 4 rings (SSSR count). The lowest BCUT2D eigenvalue weighted by atomic mass is 10.1. The number of hydrogen-bond donors (Lipinski definition) is 1. The SMILES string of the molecule is COc1cccc(C(=O)Nc2nnc(C3CC(=O)N(c4cccc(C)c4)C3)s2)c1. The summed E-state index contributed by atoms with van der Waals surface area (Å²) in [5, 5.41) is 12.2. The number of ether oxygens (including phenoxy) is 1. The summed E-state index contributed by atoms with van der Waals surface area (Å²) in [5.74, 6) is 0.354. The van der Waals surface area contributed by atoms with Gasteiger partial charge in [-0.2, -0.15) is 0 Å². The van der Waals surface area contributed by atoms with Crippen LogP contribution in [-0.2, 0) is 4.79 Å². The number of benzene rings is 2. The molecular weight excluding hydrogens is 388 g/mol. The molecule has 1 atom stereocenters. The zero-order valence-corrected chi connectivity index (χ0v) is 16.9. The summed E-state index contributed by atoms with van der Waals surface area (Å²) < 4.78 is 5.15. The standard InChI is InChI=1S/C21H20N4O3S/c1-13-5-3-7-16(9-13)25-12-15(11-18(25)26)20-23-24-21(29-20)22-19(27)14-6-4-8-17(10-14)28-2/h3-10,15H,11-12H2,1-2H3,(H,22,24,27). The fraction of sp³-hybridized carbons (Fsp3) is 0.238. The van der Waals surface area contributed by atoms with Gasteiger partial charge in [0.05, 0.1) is 7.11 Å². The molecule has 2 heterocycles. The maximum absolute atomic E-state index is 12.5. The first-order valence-electron chi connectivity index (χ1n) is 9.19. The first-order valence-corrected chi connectivity index (χ1v) is 10.0. The van der Waals surface area contributed by atoms with Gasteiger partial charge in [0.15, 0.2) is 0 Å². The van der Waals surface area contributed by atoms with Crippen LogP contribution in [0.15, 0.2) is 48.5 Å². The Morgan fingerprint density at radius 2 is 2.03 bits per heavy atom. The number of amides is 2. The van der Waals surface area contributed by atoms with Crippen molar-refractivity contribution in [2.75, 3.05) is 23.9 Å². The third kappa shape index (κ3) is 4.12. The van der Waals surface area contributed by atoms with Crippen LogP contribution in [0.3, 0.4) is 0 Å². The predicted molar refractivity (Wildman–Crippen MR) is 112 cm³/mol. The highest BCUT2D eigenvalue weighted by Crippen LogP contribution is 2.34. The normalized spacial score (nSPS) is 16.1. The Morgan fingerprint density at radius 1 is 1.21 bits per heavy atom. The highest BCUT2D eigenvalue weighted by Gasteiger charge is 2.34. The minimum atomic E-state index is -0.282. The molecule has 0 spiro atoms. The zero-order chi connectivity index (χ0) is 20.4. The molecule has 1 saturated heterocycles. The monoisotopic (exact) mass is 408 g/mol.